The largest absolute Gasteiger partial charge is 0.369 e. The number of ketones is 1. The molecular formula is C27H32N4O3. The second-order valence-corrected chi connectivity index (χ2v) is 10.3. The lowest BCUT2D eigenvalue weighted by atomic mass is 9.88. The zero-order valence-electron chi connectivity index (χ0n) is 20.0. The number of aromatic nitrogens is 1. The molecule has 1 aromatic heterocycles. The summed E-state index contributed by atoms with van der Waals surface area (Å²) in [6, 6.07) is 12.5. The molecule has 1 aliphatic rings. The molecular weight excluding hydrogens is 428 g/mol. The quantitative estimate of drug-likeness (QED) is 0.477. The van der Waals surface area contributed by atoms with Crippen LogP contribution in [-0.2, 0) is 0 Å². The van der Waals surface area contributed by atoms with Crippen molar-refractivity contribution in [1.82, 2.24) is 10.3 Å². The Labute approximate surface area is 199 Å². The second-order valence-electron chi connectivity index (χ2n) is 10.3. The summed E-state index contributed by atoms with van der Waals surface area (Å²) in [5, 5.41) is 4.09. The van der Waals surface area contributed by atoms with Gasteiger partial charge in [0.1, 0.15) is 0 Å². The van der Waals surface area contributed by atoms with Gasteiger partial charge in [-0.1, -0.05) is 32.9 Å². The van der Waals surface area contributed by atoms with Crippen molar-refractivity contribution in [2.75, 3.05) is 18.0 Å². The number of primary amides is 1. The number of nitrogens with one attached hydrogen (secondary N) is 2. The number of Topliss-reactive ketones (excluding diaryl/α,β-unsaturated/α-hetero) is 1. The summed E-state index contributed by atoms with van der Waals surface area (Å²) >= 11 is 0. The molecule has 0 aliphatic carbocycles. The SMILES string of the molecule is CC(C)(C)CC(=O)c1ccc(C(=O)N[C@@H]2CCCN(c3ccc(C(N)=O)c4[nH]ccc34)C2)cc1. The van der Waals surface area contributed by atoms with Crippen LogP contribution in [0.1, 0.15) is 71.1 Å². The highest BCUT2D eigenvalue weighted by Crippen LogP contribution is 2.31. The fourth-order valence-corrected chi connectivity index (χ4v) is 4.60. The highest BCUT2D eigenvalue weighted by Gasteiger charge is 2.24. The molecule has 7 heteroatoms. The number of aromatic amines is 1. The lowest BCUT2D eigenvalue weighted by Crippen LogP contribution is -2.47. The van der Waals surface area contributed by atoms with E-state index in [1.807, 2.05) is 32.9 Å². The third kappa shape index (κ3) is 5.14. The zero-order valence-corrected chi connectivity index (χ0v) is 20.0. The van der Waals surface area contributed by atoms with E-state index in [2.05, 4.69) is 15.2 Å². The summed E-state index contributed by atoms with van der Waals surface area (Å²) < 4.78 is 0. The van der Waals surface area contributed by atoms with E-state index in [0.29, 0.717) is 29.7 Å². The van der Waals surface area contributed by atoms with Gasteiger partial charge in [0.2, 0.25) is 0 Å². The van der Waals surface area contributed by atoms with Crippen molar-refractivity contribution in [3.8, 4) is 0 Å². The van der Waals surface area contributed by atoms with Gasteiger partial charge in [0.25, 0.3) is 11.8 Å². The number of H-pyrrole nitrogens is 1. The Morgan fingerprint density at radius 2 is 1.76 bits per heavy atom. The third-order valence-corrected chi connectivity index (χ3v) is 6.22. The Balaban J connectivity index is 1.44. The fraction of sp³-hybridized carbons (Fsp3) is 0.370. The molecule has 2 heterocycles. The lowest BCUT2D eigenvalue weighted by Gasteiger charge is -2.35. The molecule has 0 bridgehead atoms. The molecule has 1 aliphatic heterocycles. The van der Waals surface area contributed by atoms with Gasteiger partial charge < -0.3 is 20.9 Å². The Hall–Kier alpha value is -3.61. The first-order valence-electron chi connectivity index (χ1n) is 11.7. The minimum absolute atomic E-state index is 0.00624. The number of hydrogen-bond donors (Lipinski definition) is 3. The van der Waals surface area contributed by atoms with Crippen molar-refractivity contribution in [1.29, 1.82) is 0 Å². The minimum Gasteiger partial charge on any atom is -0.369 e. The van der Waals surface area contributed by atoms with Crippen LogP contribution in [0.3, 0.4) is 0 Å². The number of hydrogen-bond acceptors (Lipinski definition) is 4. The van der Waals surface area contributed by atoms with Gasteiger partial charge in [-0.2, -0.15) is 0 Å². The molecule has 2 amide bonds. The number of fused-ring (bicyclic) bond motifs is 1. The monoisotopic (exact) mass is 460 g/mol. The molecule has 2 aromatic carbocycles. The van der Waals surface area contributed by atoms with E-state index in [9.17, 15) is 14.4 Å². The molecule has 34 heavy (non-hydrogen) atoms. The van der Waals surface area contributed by atoms with Crippen LogP contribution in [0.4, 0.5) is 5.69 Å². The predicted molar refractivity (Wildman–Crippen MR) is 134 cm³/mol. The van der Waals surface area contributed by atoms with Crippen molar-refractivity contribution in [2.45, 2.75) is 46.1 Å². The second kappa shape index (κ2) is 9.33. The van der Waals surface area contributed by atoms with Gasteiger partial charge in [-0.25, -0.2) is 0 Å². The van der Waals surface area contributed by atoms with Gasteiger partial charge >= 0.3 is 0 Å². The van der Waals surface area contributed by atoms with Crippen LogP contribution in [-0.4, -0.2) is 41.7 Å². The van der Waals surface area contributed by atoms with Crippen molar-refractivity contribution in [3.05, 3.63) is 65.4 Å². The van der Waals surface area contributed by atoms with Crippen LogP contribution in [0.5, 0.6) is 0 Å². The lowest BCUT2D eigenvalue weighted by molar-refractivity contribution is 0.0923. The Morgan fingerprint density at radius 1 is 1.06 bits per heavy atom. The van der Waals surface area contributed by atoms with E-state index < -0.39 is 5.91 Å². The number of carbonyl (C=O) groups is 3. The summed E-state index contributed by atoms with van der Waals surface area (Å²) in [7, 11) is 0. The Bertz CT molecular complexity index is 1220. The van der Waals surface area contributed by atoms with E-state index >= 15 is 0 Å². The zero-order chi connectivity index (χ0) is 24.5. The molecule has 0 spiro atoms. The topological polar surface area (TPSA) is 108 Å². The average molecular weight is 461 g/mol. The third-order valence-electron chi connectivity index (χ3n) is 6.22. The number of anilines is 1. The molecule has 1 fully saturated rings. The van der Waals surface area contributed by atoms with E-state index in [-0.39, 0.29) is 23.1 Å². The number of nitrogens with zero attached hydrogens (tertiary/aromatic N) is 1. The average Bonchev–Trinajstić information content (AvgIpc) is 3.27. The van der Waals surface area contributed by atoms with Gasteiger partial charge in [0.05, 0.1) is 11.1 Å². The van der Waals surface area contributed by atoms with Crippen LogP contribution in [0.2, 0.25) is 0 Å². The predicted octanol–water partition coefficient (Wildman–Crippen LogP) is 4.28. The molecule has 0 radical (unpaired) electrons. The fourth-order valence-electron chi connectivity index (χ4n) is 4.60. The summed E-state index contributed by atoms with van der Waals surface area (Å²) in [5.41, 5.74) is 8.83. The van der Waals surface area contributed by atoms with E-state index in [1.54, 1.807) is 36.5 Å². The number of amides is 2. The highest BCUT2D eigenvalue weighted by molar-refractivity contribution is 6.08. The summed E-state index contributed by atoms with van der Waals surface area (Å²) in [5.74, 6) is -0.521. The number of piperidine rings is 1. The molecule has 4 rings (SSSR count). The van der Waals surface area contributed by atoms with Crippen molar-refractivity contribution in [2.24, 2.45) is 11.1 Å². The van der Waals surface area contributed by atoms with Crippen LogP contribution < -0.4 is 16.0 Å². The van der Waals surface area contributed by atoms with Gasteiger partial charge in [-0.3, -0.25) is 14.4 Å². The molecule has 1 atom stereocenters. The van der Waals surface area contributed by atoms with Crippen LogP contribution >= 0.6 is 0 Å². The summed E-state index contributed by atoms with van der Waals surface area (Å²) in [4.78, 5) is 42.4. The van der Waals surface area contributed by atoms with E-state index in [0.717, 1.165) is 36.0 Å². The molecule has 0 saturated carbocycles. The van der Waals surface area contributed by atoms with E-state index in [4.69, 9.17) is 5.73 Å². The first-order valence-corrected chi connectivity index (χ1v) is 11.7. The summed E-state index contributed by atoms with van der Waals surface area (Å²) in [6.07, 6.45) is 4.10. The number of benzene rings is 2. The molecule has 7 nitrogen and oxygen atoms in total. The van der Waals surface area contributed by atoms with Gasteiger partial charge in [-0.05, 0) is 48.6 Å². The van der Waals surface area contributed by atoms with Crippen molar-refractivity contribution >= 4 is 34.2 Å². The molecule has 178 valence electrons. The smallest absolute Gasteiger partial charge is 0.251 e. The minimum atomic E-state index is -0.464. The van der Waals surface area contributed by atoms with Crippen LogP contribution in [0.15, 0.2) is 48.7 Å². The van der Waals surface area contributed by atoms with E-state index in [1.165, 1.54) is 0 Å². The standard InChI is InChI=1S/C27H32N4O3/c1-27(2,3)15-23(32)17-6-8-18(9-7-17)26(34)30-19-5-4-14-31(16-19)22-11-10-21(25(28)33)24-20(22)12-13-29-24/h6-13,19,29H,4-5,14-16H2,1-3H3,(H2,28,33)(H,30,34)/t19-/m1/s1. The highest BCUT2D eigenvalue weighted by atomic mass is 16.2. The summed E-state index contributed by atoms with van der Waals surface area (Å²) in [6.45, 7) is 7.64. The first kappa shape index (κ1) is 23.5. The maximum absolute atomic E-state index is 12.9. The number of carbonyl (C=O) groups excluding carboxylic acids is 3. The van der Waals surface area contributed by atoms with Crippen LogP contribution in [0.25, 0.3) is 10.9 Å². The molecule has 1 saturated heterocycles. The normalized spacial score (nSPS) is 16.4. The first-order chi connectivity index (χ1) is 16.1. The van der Waals surface area contributed by atoms with Crippen LogP contribution in [0, 0.1) is 5.41 Å². The van der Waals surface area contributed by atoms with Gasteiger partial charge in [0.15, 0.2) is 5.78 Å². The molecule has 0 unspecified atom stereocenters. The number of rotatable bonds is 6. The van der Waals surface area contributed by atoms with Gasteiger partial charge in [0, 0.05) is 53.9 Å². The van der Waals surface area contributed by atoms with Gasteiger partial charge in [-0.15, -0.1) is 0 Å². The number of nitrogens with two attached hydrogens (primary N) is 1. The molecule has 3 aromatic rings. The maximum atomic E-state index is 12.9. The van der Waals surface area contributed by atoms with Crippen molar-refractivity contribution in [3.63, 3.8) is 0 Å². The van der Waals surface area contributed by atoms with Crippen molar-refractivity contribution < 1.29 is 14.4 Å². The Morgan fingerprint density at radius 3 is 2.44 bits per heavy atom. The molecule has 4 N–H and O–H groups in total. The maximum Gasteiger partial charge on any atom is 0.251 e. The Kier molecular flexibility index (Phi) is 6.46.